The summed E-state index contributed by atoms with van der Waals surface area (Å²) in [7, 11) is 0. The summed E-state index contributed by atoms with van der Waals surface area (Å²) in [6.45, 7) is 0. The minimum atomic E-state index is 1.21. The highest BCUT2D eigenvalue weighted by Crippen LogP contribution is 2.49. The zero-order valence-electron chi connectivity index (χ0n) is 27.6. The van der Waals surface area contributed by atoms with Gasteiger partial charge in [0.1, 0.15) is 0 Å². The second-order valence-electron chi connectivity index (χ2n) is 12.8. The molecule has 50 heavy (non-hydrogen) atoms. The first-order valence-corrected chi connectivity index (χ1v) is 17.3. The third-order valence-corrected chi connectivity index (χ3v) is 9.89. The van der Waals surface area contributed by atoms with Crippen LogP contribution < -0.4 is 0 Å². The Morgan fingerprint density at radius 2 is 0.480 bits per heavy atom. The Morgan fingerprint density at radius 3 is 0.840 bits per heavy atom. The molecule has 0 aliphatic heterocycles. The molecule has 0 aliphatic carbocycles. The minimum Gasteiger partial charge on any atom is -0.0622 e. The minimum absolute atomic E-state index is 1.21. The number of hydrogen-bond donors (Lipinski definition) is 0. The summed E-state index contributed by atoms with van der Waals surface area (Å²) in [4.78, 5) is 0. The molecular formula is C50H34. The average Bonchev–Trinajstić information content (AvgIpc) is 3.21. The Bertz CT molecular complexity index is 2420. The molecule has 234 valence electrons. The van der Waals surface area contributed by atoms with E-state index in [0.717, 1.165) is 0 Å². The van der Waals surface area contributed by atoms with Crippen LogP contribution in [0.5, 0.6) is 0 Å². The fourth-order valence-electron chi connectivity index (χ4n) is 7.57. The molecule has 0 amide bonds. The molecule has 9 aromatic carbocycles. The van der Waals surface area contributed by atoms with E-state index in [4.69, 9.17) is 0 Å². The summed E-state index contributed by atoms with van der Waals surface area (Å²) in [5.74, 6) is 0. The quantitative estimate of drug-likeness (QED) is 0.160. The normalized spacial score (nSPS) is 11.2. The van der Waals surface area contributed by atoms with Gasteiger partial charge in [0.05, 0.1) is 0 Å². The van der Waals surface area contributed by atoms with E-state index in [9.17, 15) is 0 Å². The number of rotatable bonds is 6. The second-order valence-corrected chi connectivity index (χ2v) is 12.8. The molecule has 0 saturated heterocycles. The molecule has 0 heterocycles. The Balaban J connectivity index is 1.46. The molecule has 9 aromatic rings. The van der Waals surface area contributed by atoms with Gasteiger partial charge in [0, 0.05) is 0 Å². The highest BCUT2D eigenvalue weighted by molar-refractivity contribution is 6.24. The van der Waals surface area contributed by atoms with Gasteiger partial charge in [-0.3, -0.25) is 0 Å². The maximum absolute atomic E-state index is 2.42. The molecule has 0 atom stereocenters. The Kier molecular flexibility index (Phi) is 7.61. The maximum Gasteiger partial charge on any atom is -0.00199 e. The van der Waals surface area contributed by atoms with Crippen LogP contribution in [0.25, 0.3) is 88.3 Å². The smallest absolute Gasteiger partial charge is 0.00199 e. The van der Waals surface area contributed by atoms with Crippen molar-refractivity contribution in [1.82, 2.24) is 0 Å². The number of hydrogen-bond acceptors (Lipinski definition) is 0. The van der Waals surface area contributed by atoms with E-state index < -0.39 is 0 Å². The van der Waals surface area contributed by atoms with Crippen LogP contribution in [0.4, 0.5) is 0 Å². The van der Waals surface area contributed by atoms with E-state index >= 15 is 0 Å². The molecule has 0 nitrogen and oxygen atoms in total. The van der Waals surface area contributed by atoms with Crippen molar-refractivity contribution in [2.24, 2.45) is 0 Å². The van der Waals surface area contributed by atoms with Gasteiger partial charge in [0.2, 0.25) is 0 Å². The SMILES string of the molecule is c1ccc(-c2ccc3c(-c4ccccc4-c4ccccc4)c4cc(-c5ccccc5)ccc4c(-c4ccccc4-c4ccccc4)c3c2)cc1. The Labute approximate surface area is 293 Å². The summed E-state index contributed by atoms with van der Waals surface area (Å²) in [5.41, 5.74) is 14.7. The lowest BCUT2D eigenvalue weighted by Gasteiger charge is -2.22. The first-order valence-electron chi connectivity index (χ1n) is 17.3. The van der Waals surface area contributed by atoms with Crippen molar-refractivity contribution in [2.75, 3.05) is 0 Å². The lowest BCUT2D eigenvalue weighted by Crippen LogP contribution is -1.95. The fraction of sp³-hybridized carbons (Fsp3) is 0. The van der Waals surface area contributed by atoms with E-state index in [1.54, 1.807) is 0 Å². The van der Waals surface area contributed by atoms with Gasteiger partial charge in [0.25, 0.3) is 0 Å². The van der Waals surface area contributed by atoms with Gasteiger partial charge in [-0.25, -0.2) is 0 Å². The summed E-state index contributed by atoms with van der Waals surface area (Å²) < 4.78 is 0. The first-order chi connectivity index (χ1) is 24.8. The van der Waals surface area contributed by atoms with Gasteiger partial charge in [-0.15, -0.1) is 0 Å². The molecule has 0 N–H and O–H groups in total. The summed E-state index contributed by atoms with van der Waals surface area (Å²) in [6.07, 6.45) is 0. The van der Waals surface area contributed by atoms with Crippen molar-refractivity contribution in [2.45, 2.75) is 0 Å². The molecule has 9 rings (SSSR count). The zero-order chi connectivity index (χ0) is 33.3. The molecule has 0 spiro atoms. The molecule has 0 unspecified atom stereocenters. The molecule has 0 aliphatic rings. The van der Waals surface area contributed by atoms with Crippen molar-refractivity contribution in [3.63, 3.8) is 0 Å². The Morgan fingerprint density at radius 1 is 0.180 bits per heavy atom. The van der Waals surface area contributed by atoms with Gasteiger partial charge < -0.3 is 0 Å². The van der Waals surface area contributed by atoms with Crippen LogP contribution in [-0.2, 0) is 0 Å². The van der Waals surface area contributed by atoms with E-state index in [1.807, 2.05) is 0 Å². The highest BCUT2D eigenvalue weighted by Gasteiger charge is 2.22. The highest BCUT2D eigenvalue weighted by atomic mass is 14.2. The number of benzene rings is 9. The van der Waals surface area contributed by atoms with Crippen LogP contribution in [-0.4, -0.2) is 0 Å². The molecule has 0 saturated carbocycles. The first kappa shape index (κ1) is 29.6. The van der Waals surface area contributed by atoms with Gasteiger partial charge in [-0.2, -0.15) is 0 Å². The molecule has 0 fully saturated rings. The topological polar surface area (TPSA) is 0 Å². The monoisotopic (exact) mass is 634 g/mol. The van der Waals surface area contributed by atoms with E-state index in [1.165, 1.54) is 88.3 Å². The van der Waals surface area contributed by atoms with Crippen molar-refractivity contribution in [3.8, 4) is 66.8 Å². The van der Waals surface area contributed by atoms with Crippen molar-refractivity contribution in [1.29, 1.82) is 0 Å². The standard InChI is InChI=1S/C50H34/c1-5-17-35(18-6-1)39-29-31-45-47(33-39)49(43-27-15-13-25-41(43)37-21-9-3-10-22-37)46-32-30-40(36-19-7-2-8-20-36)34-48(46)50(45)44-28-16-14-26-42(44)38-23-11-4-12-24-38/h1-34H. The molecule has 0 heteroatoms. The van der Waals surface area contributed by atoms with E-state index in [-0.39, 0.29) is 0 Å². The second kappa shape index (κ2) is 12.8. The zero-order valence-corrected chi connectivity index (χ0v) is 27.6. The van der Waals surface area contributed by atoms with Gasteiger partial charge in [0.15, 0.2) is 0 Å². The van der Waals surface area contributed by atoms with Crippen LogP contribution in [0.15, 0.2) is 206 Å². The van der Waals surface area contributed by atoms with Gasteiger partial charge in [-0.05, 0) is 100 Å². The average molecular weight is 635 g/mol. The predicted molar refractivity (Wildman–Crippen MR) is 214 cm³/mol. The van der Waals surface area contributed by atoms with Gasteiger partial charge in [-0.1, -0.05) is 194 Å². The summed E-state index contributed by atoms with van der Waals surface area (Å²) in [5, 5.41) is 4.97. The van der Waals surface area contributed by atoms with Crippen LogP contribution in [0.2, 0.25) is 0 Å². The van der Waals surface area contributed by atoms with Crippen molar-refractivity contribution in [3.05, 3.63) is 206 Å². The summed E-state index contributed by atoms with van der Waals surface area (Å²) >= 11 is 0. The van der Waals surface area contributed by atoms with Crippen molar-refractivity contribution >= 4 is 21.5 Å². The lowest BCUT2D eigenvalue weighted by molar-refractivity contribution is 1.59. The third kappa shape index (κ3) is 5.28. The van der Waals surface area contributed by atoms with Crippen LogP contribution in [0, 0.1) is 0 Å². The predicted octanol–water partition coefficient (Wildman–Crippen LogP) is 14.0. The third-order valence-electron chi connectivity index (χ3n) is 9.89. The van der Waals surface area contributed by atoms with Crippen LogP contribution >= 0.6 is 0 Å². The van der Waals surface area contributed by atoms with E-state index in [2.05, 4.69) is 206 Å². The lowest BCUT2D eigenvalue weighted by atomic mass is 9.81. The Hall–Kier alpha value is -6.50. The van der Waals surface area contributed by atoms with Crippen molar-refractivity contribution < 1.29 is 0 Å². The number of fused-ring (bicyclic) bond motifs is 2. The molecular weight excluding hydrogens is 601 g/mol. The van der Waals surface area contributed by atoms with Crippen LogP contribution in [0.1, 0.15) is 0 Å². The fourth-order valence-corrected chi connectivity index (χ4v) is 7.57. The van der Waals surface area contributed by atoms with Gasteiger partial charge >= 0.3 is 0 Å². The van der Waals surface area contributed by atoms with Crippen LogP contribution in [0.3, 0.4) is 0 Å². The molecule has 0 aromatic heterocycles. The molecule has 0 radical (unpaired) electrons. The van der Waals surface area contributed by atoms with E-state index in [0.29, 0.717) is 0 Å². The molecule has 0 bridgehead atoms. The largest absolute Gasteiger partial charge is 0.0622 e. The maximum atomic E-state index is 2.42. The summed E-state index contributed by atoms with van der Waals surface area (Å²) in [6, 6.07) is 75.0.